The molecule has 0 aliphatic carbocycles. The van der Waals surface area contributed by atoms with E-state index >= 15 is 0 Å². The molecule has 0 spiro atoms. The summed E-state index contributed by atoms with van der Waals surface area (Å²) >= 11 is 2.04. The summed E-state index contributed by atoms with van der Waals surface area (Å²) < 4.78 is 0. The van der Waals surface area contributed by atoms with E-state index in [-0.39, 0.29) is 0 Å². The highest BCUT2D eigenvalue weighted by Crippen LogP contribution is 2.45. The second-order valence-corrected chi connectivity index (χ2v) is 8.23. The number of aromatic nitrogens is 1. The number of thioether (sulfide) groups is 1. The Balaban J connectivity index is 2.78. The number of allylic oxidation sites excluding steroid dienone is 1. The van der Waals surface area contributed by atoms with Crippen molar-refractivity contribution in [2.24, 2.45) is 5.92 Å². The van der Waals surface area contributed by atoms with Crippen molar-refractivity contribution >= 4 is 17.3 Å². The number of aryl methyl sites for hydroxylation is 1. The van der Waals surface area contributed by atoms with Crippen LogP contribution in [0, 0.1) is 12.8 Å². The molecular formula is C18H27NS. The lowest BCUT2D eigenvalue weighted by Gasteiger charge is -2.23. The van der Waals surface area contributed by atoms with Gasteiger partial charge in [-0.1, -0.05) is 33.8 Å². The predicted molar refractivity (Wildman–Crippen MR) is 91.3 cm³/mol. The number of rotatable bonds is 2. The number of pyridine rings is 1. The van der Waals surface area contributed by atoms with Crippen LogP contribution in [0.15, 0.2) is 12.3 Å². The van der Waals surface area contributed by atoms with Crippen LogP contribution in [0.5, 0.6) is 0 Å². The molecule has 0 saturated heterocycles. The van der Waals surface area contributed by atoms with Gasteiger partial charge < -0.3 is 0 Å². The van der Waals surface area contributed by atoms with E-state index in [4.69, 9.17) is 0 Å². The third-order valence-corrected chi connectivity index (χ3v) is 5.33. The molecule has 1 aromatic heterocycles. The van der Waals surface area contributed by atoms with E-state index < -0.39 is 0 Å². The fraction of sp³-hybridized carbons (Fsp3) is 0.611. The Hall–Kier alpha value is -0.760. The maximum absolute atomic E-state index is 4.68. The second-order valence-electron chi connectivity index (χ2n) is 6.50. The highest BCUT2D eigenvalue weighted by Gasteiger charge is 2.27. The predicted octanol–water partition coefficient (Wildman–Crippen LogP) is 5.75. The molecule has 20 heavy (non-hydrogen) atoms. The van der Waals surface area contributed by atoms with Gasteiger partial charge in [0.25, 0.3) is 0 Å². The van der Waals surface area contributed by atoms with E-state index in [2.05, 4.69) is 65.7 Å². The summed E-state index contributed by atoms with van der Waals surface area (Å²) in [6, 6.07) is 0. The van der Waals surface area contributed by atoms with Crippen molar-refractivity contribution in [2.45, 2.75) is 64.9 Å². The Bertz CT molecular complexity index is 528. The van der Waals surface area contributed by atoms with Crippen LogP contribution >= 0.6 is 11.8 Å². The summed E-state index contributed by atoms with van der Waals surface area (Å²) in [5, 5.41) is 1.08. The van der Waals surface area contributed by atoms with Crippen LogP contribution in [0.25, 0.3) is 5.57 Å². The van der Waals surface area contributed by atoms with E-state index in [1.165, 1.54) is 28.0 Å². The molecular weight excluding hydrogens is 262 g/mol. The molecule has 1 nitrogen and oxygen atoms in total. The average Bonchev–Trinajstić information content (AvgIpc) is 2.46. The molecule has 0 aromatic carbocycles. The van der Waals surface area contributed by atoms with Crippen LogP contribution in [0.4, 0.5) is 0 Å². The van der Waals surface area contributed by atoms with Gasteiger partial charge in [0.15, 0.2) is 0 Å². The lowest BCUT2D eigenvalue weighted by Crippen LogP contribution is -2.08. The summed E-state index contributed by atoms with van der Waals surface area (Å²) in [5.41, 5.74) is 7.08. The highest BCUT2D eigenvalue weighted by atomic mass is 32.2. The van der Waals surface area contributed by atoms with Gasteiger partial charge in [-0.25, -0.2) is 0 Å². The van der Waals surface area contributed by atoms with Crippen LogP contribution in [0.1, 0.15) is 75.1 Å². The number of nitrogens with zero attached hydrogens (tertiary/aromatic N) is 1. The van der Waals surface area contributed by atoms with E-state index in [1.54, 1.807) is 0 Å². The minimum Gasteiger partial charge on any atom is -0.261 e. The van der Waals surface area contributed by atoms with Gasteiger partial charge in [-0.2, -0.15) is 0 Å². The van der Waals surface area contributed by atoms with Crippen LogP contribution in [0.3, 0.4) is 0 Å². The molecule has 2 heteroatoms. The van der Waals surface area contributed by atoms with Gasteiger partial charge in [0.05, 0.1) is 0 Å². The van der Waals surface area contributed by atoms with Crippen LogP contribution < -0.4 is 0 Å². The van der Waals surface area contributed by atoms with Gasteiger partial charge >= 0.3 is 0 Å². The lowest BCUT2D eigenvalue weighted by molar-refractivity contribution is 0.811. The monoisotopic (exact) mass is 289 g/mol. The number of fused-ring (bicyclic) bond motifs is 1. The van der Waals surface area contributed by atoms with Crippen molar-refractivity contribution in [1.29, 1.82) is 0 Å². The molecule has 0 fully saturated rings. The van der Waals surface area contributed by atoms with Gasteiger partial charge in [-0.15, -0.1) is 11.8 Å². The zero-order valence-corrected chi connectivity index (χ0v) is 14.6. The fourth-order valence-corrected chi connectivity index (χ4v) is 4.43. The largest absolute Gasteiger partial charge is 0.261 e. The Morgan fingerprint density at radius 2 is 1.75 bits per heavy atom. The zero-order chi connectivity index (χ0) is 15.0. The summed E-state index contributed by atoms with van der Waals surface area (Å²) in [7, 11) is 0. The normalized spacial score (nSPS) is 22.8. The fourth-order valence-electron chi connectivity index (χ4n) is 3.14. The van der Waals surface area contributed by atoms with Crippen molar-refractivity contribution < 1.29 is 0 Å². The molecule has 1 aliphatic rings. The third-order valence-electron chi connectivity index (χ3n) is 4.12. The lowest BCUT2D eigenvalue weighted by atomic mass is 9.83. The smallest absolute Gasteiger partial charge is 0.0422 e. The third kappa shape index (κ3) is 2.81. The highest BCUT2D eigenvalue weighted by molar-refractivity contribution is 8.00. The maximum Gasteiger partial charge on any atom is 0.0422 e. The Morgan fingerprint density at radius 3 is 2.30 bits per heavy atom. The Labute approximate surface area is 128 Å². The van der Waals surface area contributed by atoms with Gasteiger partial charge in [-0.3, -0.25) is 4.98 Å². The molecule has 110 valence electrons. The van der Waals surface area contributed by atoms with Crippen molar-refractivity contribution in [3.8, 4) is 0 Å². The standard InChI is InChI=1S/C18H27NS/c1-10(2)15-8-12(5)20-14(7)17-13(6)19-9-16(11(3)4)18(15)17/h8-12,14H,1-7H3/t12-,14+/m1/s1. The first-order valence-corrected chi connectivity index (χ1v) is 8.64. The first kappa shape index (κ1) is 15.6. The van der Waals surface area contributed by atoms with Gasteiger partial charge in [-0.05, 0) is 54.9 Å². The molecule has 0 saturated carbocycles. The molecule has 1 aromatic rings. The van der Waals surface area contributed by atoms with Gasteiger partial charge in [0.2, 0.25) is 0 Å². The Morgan fingerprint density at radius 1 is 1.10 bits per heavy atom. The summed E-state index contributed by atoms with van der Waals surface area (Å²) in [4.78, 5) is 4.68. The Kier molecular flexibility index (Phi) is 4.63. The van der Waals surface area contributed by atoms with Crippen molar-refractivity contribution in [1.82, 2.24) is 4.98 Å². The van der Waals surface area contributed by atoms with Crippen molar-refractivity contribution in [2.75, 3.05) is 0 Å². The second kappa shape index (κ2) is 5.93. The summed E-state index contributed by atoms with van der Waals surface area (Å²) in [6.07, 6.45) is 4.57. The van der Waals surface area contributed by atoms with E-state index in [0.29, 0.717) is 22.3 Å². The first-order valence-electron chi connectivity index (χ1n) is 7.69. The van der Waals surface area contributed by atoms with Gasteiger partial charge in [0.1, 0.15) is 0 Å². The van der Waals surface area contributed by atoms with Crippen molar-refractivity contribution in [3.63, 3.8) is 0 Å². The number of hydrogen-bond donors (Lipinski definition) is 0. The molecule has 0 N–H and O–H groups in total. The molecule has 2 atom stereocenters. The minimum absolute atomic E-state index is 0.513. The zero-order valence-electron chi connectivity index (χ0n) is 13.8. The number of hydrogen-bond acceptors (Lipinski definition) is 2. The summed E-state index contributed by atoms with van der Waals surface area (Å²) in [6.45, 7) is 16.0. The molecule has 0 radical (unpaired) electrons. The minimum atomic E-state index is 0.513. The molecule has 0 unspecified atom stereocenters. The van der Waals surface area contributed by atoms with Crippen LogP contribution in [-0.2, 0) is 0 Å². The molecule has 1 aliphatic heterocycles. The first-order chi connectivity index (χ1) is 9.32. The van der Waals surface area contributed by atoms with E-state index in [0.717, 1.165) is 0 Å². The van der Waals surface area contributed by atoms with Gasteiger partial charge in [0, 0.05) is 22.4 Å². The van der Waals surface area contributed by atoms with Crippen LogP contribution in [0.2, 0.25) is 0 Å². The van der Waals surface area contributed by atoms with Crippen LogP contribution in [-0.4, -0.2) is 10.2 Å². The average molecular weight is 289 g/mol. The molecule has 2 rings (SSSR count). The SMILES string of the molecule is Cc1ncc(C(C)C)c2c1[C@H](C)S[C@H](C)C=C2C(C)C. The molecule has 0 bridgehead atoms. The molecule has 2 heterocycles. The van der Waals surface area contributed by atoms with Crippen molar-refractivity contribution in [3.05, 3.63) is 34.7 Å². The molecule has 0 amide bonds. The van der Waals surface area contributed by atoms with E-state index in [9.17, 15) is 0 Å². The van der Waals surface area contributed by atoms with E-state index in [1.807, 2.05) is 11.8 Å². The maximum atomic E-state index is 4.68. The summed E-state index contributed by atoms with van der Waals surface area (Å²) in [5.74, 6) is 1.08. The quantitative estimate of drug-likeness (QED) is 0.687. The topological polar surface area (TPSA) is 12.9 Å².